The zero-order valence-electron chi connectivity index (χ0n) is 9.56. The lowest BCUT2D eigenvalue weighted by molar-refractivity contribution is 0.0872. The molecule has 0 saturated carbocycles. The number of nitrogens with zero attached hydrogens (tertiary/aromatic N) is 1. The molecule has 0 saturated heterocycles. The van der Waals surface area contributed by atoms with E-state index in [1.165, 1.54) is 6.20 Å². The third-order valence-corrected chi connectivity index (χ3v) is 2.05. The zero-order chi connectivity index (χ0) is 12.0. The standard InChI is InChI=1S/C11H17N3O2/c1-3-16-7-8(2)14-11(15)9-4-5-13-6-10(9)12/h4-6,8H,3,7,12H2,1-2H3,(H,14,15). The summed E-state index contributed by atoms with van der Waals surface area (Å²) in [6.45, 7) is 4.92. The lowest BCUT2D eigenvalue weighted by Gasteiger charge is -2.14. The maximum Gasteiger partial charge on any atom is 0.253 e. The molecule has 1 heterocycles. The van der Waals surface area contributed by atoms with Crippen LogP contribution in [0.4, 0.5) is 5.69 Å². The number of pyridine rings is 1. The minimum Gasteiger partial charge on any atom is -0.397 e. The van der Waals surface area contributed by atoms with Crippen molar-refractivity contribution in [2.24, 2.45) is 0 Å². The Morgan fingerprint density at radius 3 is 3.06 bits per heavy atom. The van der Waals surface area contributed by atoms with E-state index >= 15 is 0 Å². The van der Waals surface area contributed by atoms with Crippen LogP contribution in [0.2, 0.25) is 0 Å². The van der Waals surface area contributed by atoms with Crippen molar-refractivity contribution in [2.75, 3.05) is 18.9 Å². The molecule has 0 spiro atoms. The lowest BCUT2D eigenvalue weighted by atomic mass is 10.2. The van der Waals surface area contributed by atoms with Crippen LogP contribution < -0.4 is 11.1 Å². The van der Waals surface area contributed by atoms with Crippen LogP contribution in [0.25, 0.3) is 0 Å². The predicted octanol–water partition coefficient (Wildman–Crippen LogP) is 0.819. The number of ether oxygens (including phenoxy) is 1. The van der Waals surface area contributed by atoms with E-state index in [2.05, 4.69) is 10.3 Å². The van der Waals surface area contributed by atoms with Gasteiger partial charge in [-0.1, -0.05) is 0 Å². The van der Waals surface area contributed by atoms with Gasteiger partial charge in [0.25, 0.3) is 5.91 Å². The van der Waals surface area contributed by atoms with Gasteiger partial charge in [-0.3, -0.25) is 9.78 Å². The van der Waals surface area contributed by atoms with E-state index in [9.17, 15) is 4.79 Å². The largest absolute Gasteiger partial charge is 0.397 e. The molecule has 3 N–H and O–H groups in total. The number of carbonyl (C=O) groups excluding carboxylic acids is 1. The molecule has 1 aromatic heterocycles. The number of rotatable bonds is 5. The summed E-state index contributed by atoms with van der Waals surface area (Å²) in [4.78, 5) is 15.6. The summed E-state index contributed by atoms with van der Waals surface area (Å²) < 4.78 is 5.20. The first-order valence-electron chi connectivity index (χ1n) is 5.23. The Bertz CT molecular complexity index is 355. The van der Waals surface area contributed by atoms with Gasteiger partial charge in [-0.25, -0.2) is 0 Å². The summed E-state index contributed by atoms with van der Waals surface area (Å²) in [6, 6.07) is 1.55. The molecule has 88 valence electrons. The van der Waals surface area contributed by atoms with E-state index in [0.717, 1.165) is 0 Å². The molecule has 1 unspecified atom stereocenters. The van der Waals surface area contributed by atoms with E-state index in [1.807, 2.05) is 13.8 Å². The van der Waals surface area contributed by atoms with E-state index in [1.54, 1.807) is 12.3 Å². The Hall–Kier alpha value is -1.62. The maximum absolute atomic E-state index is 11.8. The average Bonchev–Trinajstić information content (AvgIpc) is 2.26. The van der Waals surface area contributed by atoms with Crippen LogP contribution in [0.3, 0.4) is 0 Å². The molecule has 16 heavy (non-hydrogen) atoms. The SMILES string of the molecule is CCOCC(C)NC(=O)c1ccncc1N. The fraction of sp³-hybridized carbons (Fsp3) is 0.455. The maximum atomic E-state index is 11.8. The summed E-state index contributed by atoms with van der Waals surface area (Å²) in [6.07, 6.45) is 3.00. The van der Waals surface area contributed by atoms with Crippen molar-refractivity contribution in [1.29, 1.82) is 0 Å². The Morgan fingerprint density at radius 2 is 2.44 bits per heavy atom. The third-order valence-electron chi connectivity index (χ3n) is 2.05. The van der Waals surface area contributed by atoms with Crippen molar-refractivity contribution < 1.29 is 9.53 Å². The van der Waals surface area contributed by atoms with Crippen LogP contribution in [0.15, 0.2) is 18.5 Å². The molecule has 0 aromatic carbocycles. The van der Waals surface area contributed by atoms with Crippen LogP contribution in [0, 0.1) is 0 Å². The van der Waals surface area contributed by atoms with Crippen molar-refractivity contribution in [3.63, 3.8) is 0 Å². The zero-order valence-corrected chi connectivity index (χ0v) is 9.56. The Balaban J connectivity index is 2.56. The second kappa shape index (κ2) is 6.07. The smallest absolute Gasteiger partial charge is 0.253 e. The number of anilines is 1. The molecule has 5 heteroatoms. The Morgan fingerprint density at radius 1 is 1.69 bits per heavy atom. The van der Waals surface area contributed by atoms with Crippen molar-refractivity contribution in [2.45, 2.75) is 19.9 Å². The van der Waals surface area contributed by atoms with E-state index in [4.69, 9.17) is 10.5 Å². The van der Waals surface area contributed by atoms with Crippen LogP contribution in [-0.4, -0.2) is 30.1 Å². The van der Waals surface area contributed by atoms with Gasteiger partial charge in [0.15, 0.2) is 0 Å². The summed E-state index contributed by atoms with van der Waals surface area (Å²) in [7, 11) is 0. The van der Waals surface area contributed by atoms with Gasteiger partial charge in [-0.2, -0.15) is 0 Å². The highest BCUT2D eigenvalue weighted by Crippen LogP contribution is 2.08. The third kappa shape index (κ3) is 3.51. The van der Waals surface area contributed by atoms with Gasteiger partial charge < -0.3 is 15.8 Å². The van der Waals surface area contributed by atoms with E-state index in [0.29, 0.717) is 24.5 Å². The molecule has 0 bridgehead atoms. The summed E-state index contributed by atoms with van der Waals surface area (Å²) in [5.41, 5.74) is 6.46. The van der Waals surface area contributed by atoms with Gasteiger partial charge in [0, 0.05) is 18.8 Å². The number of nitrogens with one attached hydrogen (secondary N) is 1. The normalized spacial score (nSPS) is 12.1. The minimum atomic E-state index is -0.202. The van der Waals surface area contributed by atoms with Crippen molar-refractivity contribution in [3.05, 3.63) is 24.0 Å². The minimum absolute atomic E-state index is 0.0417. The molecule has 5 nitrogen and oxygen atoms in total. The molecule has 0 fully saturated rings. The van der Waals surface area contributed by atoms with E-state index in [-0.39, 0.29) is 11.9 Å². The lowest BCUT2D eigenvalue weighted by Crippen LogP contribution is -2.36. The number of hydrogen-bond donors (Lipinski definition) is 2. The van der Waals surface area contributed by atoms with Gasteiger partial charge in [0.05, 0.1) is 24.1 Å². The first kappa shape index (κ1) is 12.4. The molecular formula is C11H17N3O2. The molecule has 0 aliphatic heterocycles. The molecule has 0 aliphatic carbocycles. The van der Waals surface area contributed by atoms with Crippen molar-refractivity contribution in [3.8, 4) is 0 Å². The van der Waals surface area contributed by atoms with E-state index < -0.39 is 0 Å². The fourth-order valence-corrected chi connectivity index (χ4v) is 1.25. The molecule has 1 atom stereocenters. The number of carbonyl (C=O) groups is 1. The summed E-state index contributed by atoms with van der Waals surface area (Å²) >= 11 is 0. The topological polar surface area (TPSA) is 77.2 Å². The van der Waals surface area contributed by atoms with Gasteiger partial charge in [0.1, 0.15) is 0 Å². The van der Waals surface area contributed by atoms with Gasteiger partial charge in [-0.05, 0) is 19.9 Å². The first-order valence-corrected chi connectivity index (χ1v) is 5.23. The molecule has 0 aliphatic rings. The second-order valence-electron chi connectivity index (χ2n) is 3.50. The first-order chi connectivity index (χ1) is 7.65. The molecule has 1 aromatic rings. The Labute approximate surface area is 95.0 Å². The Kier molecular flexibility index (Phi) is 4.72. The van der Waals surface area contributed by atoms with Crippen LogP contribution in [-0.2, 0) is 4.74 Å². The van der Waals surface area contributed by atoms with Gasteiger partial charge in [-0.15, -0.1) is 0 Å². The monoisotopic (exact) mass is 223 g/mol. The quantitative estimate of drug-likeness (QED) is 0.774. The van der Waals surface area contributed by atoms with Gasteiger partial charge in [0.2, 0.25) is 0 Å². The molecular weight excluding hydrogens is 206 g/mol. The van der Waals surface area contributed by atoms with Crippen LogP contribution in [0.1, 0.15) is 24.2 Å². The van der Waals surface area contributed by atoms with Gasteiger partial charge >= 0.3 is 0 Å². The highest BCUT2D eigenvalue weighted by molar-refractivity contribution is 5.98. The van der Waals surface area contributed by atoms with Crippen molar-refractivity contribution in [1.82, 2.24) is 10.3 Å². The number of hydrogen-bond acceptors (Lipinski definition) is 4. The number of amides is 1. The summed E-state index contributed by atoms with van der Waals surface area (Å²) in [5.74, 6) is -0.202. The van der Waals surface area contributed by atoms with Crippen LogP contribution in [0.5, 0.6) is 0 Å². The molecule has 0 radical (unpaired) electrons. The van der Waals surface area contributed by atoms with Crippen molar-refractivity contribution >= 4 is 11.6 Å². The average molecular weight is 223 g/mol. The number of nitrogen functional groups attached to an aromatic ring is 1. The highest BCUT2D eigenvalue weighted by Gasteiger charge is 2.12. The number of nitrogens with two attached hydrogens (primary N) is 1. The predicted molar refractivity (Wildman–Crippen MR) is 62.1 cm³/mol. The fourth-order valence-electron chi connectivity index (χ4n) is 1.25. The van der Waals surface area contributed by atoms with Crippen LogP contribution >= 0.6 is 0 Å². The highest BCUT2D eigenvalue weighted by atomic mass is 16.5. The second-order valence-corrected chi connectivity index (χ2v) is 3.50. The molecule has 1 rings (SSSR count). The molecule has 1 amide bonds. The number of aromatic nitrogens is 1. The summed E-state index contributed by atoms with van der Waals surface area (Å²) in [5, 5.41) is 2.80.